The first-order valence-corrected chi connectivity index (χ1v) is 9.70. The Bertz CT molecular complexity index is 1080. The number of fused-ring (bicyclic) bond motifs is 1. The number of nitrogens with zero attached hydrogens (tertiary/aromatic N) is 2. The second-order valence-electron chi connectivity index (χ2n) is 8.11. The van der Waals surface area contributed by atoms with Gasteiger partial charge in [0.2, 0.25) is 0 Å². The first kappa shape index (κ1) is 20.4. The van der Waals surface area contributed by atoms with Gasteiger partial charge in [-0.05, 0) is 44.9 Å². The van der Waals surface area contributed by atoms with Gasteiger partial charge < -0.3 is 15.2 Å². The molecule has 1 aromatic heterocycles. The molecular formula is C22H22F3N3O2. The maximum absolute atomic E-state index is 12.9. The fraction of sp³-hybridized carbons (Fsp3) is 0.364. The van der Waals surface area contributed by atoms with Crippen molar-refractivity contribution in [2.24, 2.45) is 0 Å². The molecule has 1 saturated heterocycles. The summed E-state index contributed by atoms with van der Waals surface area (Å²) in [5.41, 5.74) is -0.618. The van der Waals surface area contributed by atoms with Crippen molar-refractivity contribution in [1.29, 1.82) is 0 Å². The van der Waals surface area contributed by atoms with Crippen LogP contribution >= 0.6 is 0 Å². The number of hydrogen-bond donors (Lipinski definition) is 2. The summed E-state index contributed by atoms with van der Waals surface area (Å²) < 4.78 is 44.5. The number of hydrogen-bond acceptors (Lipinski definition) is 5. The van der Waals surface area contributed by atoms with E-state index in [1.54, 1.807) is 0 Å². The van der Waals surface area contributed by atoms with E-state index in [0.29, 0.717) is 29.6 Å². The Morgan fingerprint density at radius 1 is 1.10 bits per heavy atom. The maximum Gasteiger partial charge on any atom is 0.416 e. The lowest BCUT2D eigenvalue weighted by molar-refractivity contribution is -0.137. The van der Waals surface area contributed by atoms with E-state index in [0.717, 1.165) is 24.3 Å². The summed E-state index contributed by atoms with van der Waals surface area (Å²) in [6.45, 7) is 4.73. The molecule has 0 saturated carbocycles. The van der Waals surface area contributed by atoms with Crippen molar-refractivity contribution >= 4 is 16.6 Å². The highest BCUT2D eigenvalue weighted by Gasteiger charge is 2.32. The number of rotatable bonds is 3. The Morgan fingerprint density at radius 3 is 2.50 bits per heavy atom. The molecular weight excluding hydrogens is 395 g/mol. The van der Waals surface area contributed by atoms with Gasteiger partial charge in [0.05, 0.1) is 11.2 Å². The highest BCUT2D eigenvalue weighted by molar-refractivity contribution is 6.00. The van der Waals surface area contributed by atoms with E-state index in [1.165, 1.54) is 6.07 Å². The lowest BCUT2D eigenvalue weighted by atomic mass is 9.94. The number of anilines is 1. The van der Waals surface area contributed by atoms with Gasteiger partial charge in [0.1, 0.15) is 11.4 Å². The van der Waals surface area contributed by atoms with Crippen molar-refractivity contribution in [1.82, 2.24) is 10.2 Å². The third-order valence-corrected chi connectivity index (χ3v) is 5.31. The molecule has 3 aromatic rings. The second kappa shape index (κ2) is 7.43. The summed E-state index contributed by atoms with van der Waals surface area (Å²) in [4.78, 5) is 0. The van der Waals surface area contributed by atoms with Crippen LogP contribution < -0.4 is 5.32 Å². The maximum atomic E-state index is 12.9. The summed E-state index contributed by atoms with van der Waals surface area (Å²) in [7, 11) is 0. The van der Waals surface area contributed by atoms with Crippen molar-refractivity contribution in [3.05, 3.63) is 48.0 Å². The van der Waals surface area contributed by atoms with Crippen LogP contribution in [0.2, 0.25) is 0 Å². The summed E-state index contributed by atoms with van der Waals surface area (Å²) in [6, 6.07) is 10.4. The quantitative estimate of drug-likeness (QED) is 0.598. The normalized spacial score (nSPS) is 19.0. The molecule has 1 aliphatic heterocycles. The van der Waals surface area contributed by atoms with Gasteiger partial charge >= 0.3 is 6.18 Å². The number of benzene rings is 2. The van der Waals surface area contributed by atoms with Crippen LogP contribution in [0, 0.1) is 0 Å². The minimum atomic E-state index is -4.53. The molecule has 30 heavy (non-hydrogen) atoms. The molecule has 0 radical (unpaired) electrons. The van der Waals surface area contributed by atoms with E-state index in [-0.39, 0.29) is 17.2 Å². The summed E-state index contributed by atoms with van der Waals surface area (Å²) in [6.07, 6.45) is -2.89. The van der Waals surface area contributed by atoms with Crippen LogP contribution in [0.1, 0.15) is 32.3 Å². The summed E-state index contributed by atoms with van der Waals surface area (Å²) >= 11 is 0. The van der Waals surface area contributed by atoms with Crippen molar-refractivity contribution in [3.8, 4) is 17.0 Å². The van der Waals surface area contributed by atoms with Crippen molar-refractivity contribution in [2.45, 2.75) is 44.5 Å². The van der Waals surface area contributed by atoms with Gasteiger partial charge in [-0.2, -0.15) is 13.2 Å². The molecule has 2 aromatic carbocycles. The van der Waals surface area contributed by atoms with Crippen LogP contribution in [-0.2, 0) is 10.9 Å². The number of aromatic nitrogens is 2. The standard InChI is InChI=1S/C22H22F3N3O2/c1-21(2)12-14(9-10-30-21)26-20-16-6-4-3-5-15(16)19(27-28-20)17-8-7-13(11-18(17)29)22(23,24)25/h3-8,11,14,29H,9-10,12H2,1-2H3,(H,26,28). The molecule has 5 nitrogen and oxygen atoms in total. The van der Waals surface area contributed by atoms with E-state index in [1.807, 2.05) is 38.1 Å². The Hall–Kier alpha value is -2.87. The molecule has 1 atom stereocenters. The van der Waals surface area contributed by atoms with Gasteiger partial charge in [-0.15, -0.1) is 10.2 Å². The van der Waals surface area contributed by atoms with Crippen molar-refractivity contribution in [3.63, 3.8) is 0 Å². The van der Waals surface area contributed by atoms with E-state index < -0.39 is 17.5 Å². The molecule has 158 valence electrons. The fourth-order valence-electron chi connectivity index (χ4n) is 3.87. The summed E-state index contributed by atoms with van der Waals surface area (Å²) in [5.74, 6) is 0.111. The van der Waals surface area contributed by atoms with E-state index in [9.17, 15) is 18.3 Å². The summed E-state index contributed by atoms with van der Waals surface area (Å²) in [5, 5.41) is 23.7. The largest absolute Gasteiger partial charge is 0.507 e. The monoisotopic (exact) mass is 417 g/mol. The zero-order valence-electron chi connectivity index (χ0n) is 16.6. The van der Waals surface area contributed by atoms with Crippen LogP contribution in [0.4, 0.5) is 19.0 Å². The molecule has 0 amide bonds. The number of alkyl halides is 3. The number of aromatic hydroxyl groups is 1. The van der Waals surface area contributed by atoms with Crippen LogP contribution in [0.25, 0.3) is 22.0 Å². The lowest BCUT2D eigenvalue weighted by Crippen LogP contribution is -2.40. The molecule has 2 heterocycles. The Labute approximate surface area is 171 Å². The molecule has 1 aliphatic rings. The van der Waals surface area contributed by atoms with Gasteiger partial charge in [-0.25, -0.2) is 0 Å². The molecule has 0 spiro atoms. The second-order valence-corrected chi connectivity index (χ2v) is 8.11. The fourth-order valence-corrected chi connectivity index (χ4v) is 3.87. The predicted molar refractivity (Wildman–Crippen MR) is 108 cm³/mol. The molecule has 1 fully saturated rings. The third-order valence-electron chi connectivity index (χ3n) is 5.31. The molecule has 2 N–H and O–H groups in total. The average molecular weight is 417 g/mol. The predicted octanol–water partition coefficient (Wildman–Crippen LogP) is 5.39. The smallest absolute Gasteiger partial charge is 0.416 e. The molecule has 0 bridgehead atoms. The minimum Gasteiger partial charge on any atom is -0.507 e. The number of phenols is 1. The number of nitrogens with one attached hydrogen (secondary N) is 1. The Kier molecular flexibility index (Phi) is 5.05. The molecule has 1 unspecified atom stereocenters. The van der Waals surface area contributed by atoms with Crippen LogP contribution in [0.3, 0.4) is 0 Å². The lowest BCUT2D eigenvalue weighted by Gasteiger charge is -2.36. The van der Waals surface area contributed by atoms with E-state index in [4.69, 9.17) is 4.74 Å². The SMILES string of the molecule is CC1(C)CC(Nc2nnc(-c3ccc(C(F)(F)F)cc3O)c3ccccc23)CCO1. The van der Waals surface area contributed by atoms with Gasteiger partial charge in [0, 0.05) is 29.0 Å². The van der Waals surface area contributed by atoms with Crippen LogP contribution in [-0.4, -0.2) is 33.6 Å². The topological polar surface area (TPSA) is 67.3 Å². The van der Waals surface area contributed by atoms with Crippen molar-refractivity contribution < 1.29 is 23.0 Å². The highest BCUT2D eigenvalue weighted by Crippen LogP contribution is 2.39. The number of ether oxygens (including phenoxy) is 1. The van der Waals surface area contributed by atoms with Gasteiger partial charge in [0.25, 0.3) is 0 Å². The van der Waals surface area contributed by atoms with Crippen LogP contribution in [0.5, 0.6) is 5.75 Å². The molecule has 8 heteroatoms. The third kappa shape index (κ3) is 4.05. The highest BCUT2D eigenvalue weighted by atomic mass is 19.4. The molecule has 0 aliphatic carbocycles. The Balaban J connectivity index is 1.73. The van der Waals surface area contributed by atoms with Crippen LogP contribution in [0.15, 0.2) is 42.5 Å². The number of halogens is 3. The Morgan fingerprint density at radius 2 is 1.83 bits per heavy atom. The average Bonchev–Trinajstić information content (AvgIpc) is 2.67. The van der Waals surface area contributed by atoms with Crippen molar-refractivity contribution in [2.75, 3.05) is 11.9 Å². The first-order valence-electron chi connectivity index (χ1n) is 9.70. The first-order chi connectivity index (χ1) is 14.1. The zero-order chi connectivity index (χ0) is 21.5. The van der Waals surface area contributed by atoms with Gasteiger partial charge in [-0.3, -0.25) is 0 Å². The van der Waals surface area contributed by atoms with E-state index in [2.05, 4.69) is 15.5 Å². The molecule has 4 rings (SSSR count). The van der Waals surface area contributed by atoms with Gasteiger partial charge in [0.15, 0.2) is 5.82 Å². The zero-order valence-corrected chi connectivity index (χ0v) is 16.6. The minimum absolute atomic E-state index is 0.164. The number of phenolic OH excluding ortho intramolecular Hbond substituents is 1. The van der Waals surface area contributed by atoms with Gasteiger partial charge in [-0.1, -0.05) is 24.3 Å². The van der Waals surface area contributed by atoms with E-state index >= 15 is 0 Å².